The van der Waals surface area contributed by atoms with Gasteiger partial charge in [0.25, 0.3) is 5.56 Å². The number of halogens is 2. The van der Waals surface area contributed by atoms with Crippen LogP contribution in [0.3, 0.4) is 0 Å². The normalized spacial score (nSPS) is 12.1. The summed E-state index contributed by atoms with van der Waals surface area (Å²) in [5.41, 5.74) is 2.93. The van der Waals surface area contributed by atoms with Gasteiger partial charge in [-0.1, -0.05) is 35.3 Å². The number of rotatable bonds is 6. The Labute approximate surface area is 177 Å². The predicted molar refractivity (Wildman–Crippen MR) is 115 cm³/mol. The molecular formula is C20H19Cl2N3O2S. The van der Waals surface area contributed by atoms with Crippen LogP contribution in [0.15, 0.2) is 47.4 Å². The van der Waals surface area contributed by atoms with Gasteiger partial charge in [0.2, 0.25) is 5.91 Å². The molecule has 1 atom stereocenters. The van der Waals surface area contributed by atoms with E-state index in [1.165, 1.54) is 22.2 Å². The molecule has 0 radical (unpaired) electrons. The highest BCUT2D eigenvalue weighted by molar-refractivity contribution is 7.99. The van der Waals surface area contributed by atoms with Crippen LogP contribution < -0.4 is 10.9 Å². The number of nitrogens with zero attached hydrogens (tertiary/aromatic N) is 2. The second-order valence-corrected chi connectivity index (χ2v) is 8.30. The minimum atomic E-state index is -0.232. The molecule has 1 amide bonds. The maximum atomic E-state index is 12.2. The highest BCUT2D eigenvalue weighted by Gasteiger charge is 2.13. The predicted octanol–water partition coefficient (Wildman–Crippen LogP) is 4.42. The van der Waals surface area contributed by atoms with E-state index in [0.29, 0.717) is 27.1 Å². The van der Waals surface area contributed by atoms with Gasteiger partial charge in [0, 0.05) is 28.1 Å². The number of fused-ring (bicyclic) bond motifs is 1. The molecule has 0 aliphatic carbocycles. The molecule has 0 saturated heterocycles. The number of pyridine rings is 1. The fourth-order valence-electron chi connectivity index (χ4n) is 2.79. The summed E-state index contributed by atoms with van der Waals surface area (Å²) < 4.78 is 1.52. The lowest BCUT2D eigenvalue weighted by atomic mass is 10.1. The van der Waals surface area contributed by atoms with E-state index in [4.69, 9.17) is 23.2 Å². The fourth-order valence-corrected chi connectivity index (χ4v) is 4.09. The van der Waals surface area contributed by atoms with Crippen molar-refractivity contribution in [3.63, 3.8) is 0 Å². The number of benzene rings is 1. The van der Waals surface area contributed by atoms with Crippen molar-refractivity contribution in [2.75, 3.05) is 5.75 Å². The molecule has 3 rings (SSSR count). The summed E-state index contributed by atoms with van der Waals surface area (Å²) in [6, 6.07) is 10.2. The van der Waals surface area contributed by atoms with E-state index < -0.39 is 0 Å². The first-order valence-electron chi connectivity index (χ1n) is 8.64. The summed E-state index contributed by atoms with van der Waals surface area (Å²) >= 11 is 13.5. The zero-order valence-electron chi connectivity index (χ0n) is 15.4. The van der Waals surface area contributed by atoms with E-state index >= 15 is 0 Å². The molecular weight excluding hydrogens is 417 g/mol. The molecule has 1 unspecified atom stereocenters. The van der Waals surface area contributed by atoms with Crippen molar-refractivity contribution in [1.82, 2.24) is 14.7 Å². The van der Waals surface area contributed by atoms with Crippen LogP contribution in [0, 0.1) is 6.92 Å². The zero-order chi connectivity index (χ0) is 20.3. The number of hydrogen-bond acceptors (Lipinski definition) is 4. The van der Waals surface area contributed by atoms with Crippen LogP contribution in [0.2, 0.25) is 10.0 Å². The topological polar surface area (TPSA) is 63.5 Å². The lowest BCUT2D eigenvalue weighted by Gasteiger charge is -2.16. The maximum absolute atomic E-state index is 12.2. The Balaban J connectivity index is 1.57. The van der Waals surface area contributed by atoms with Crippen LogP contribution in [0.25, 0.3) is 5.65 Å². The summed E-state index contributed by atoms with van der Waals surface area (Å²) in [5.74, 6) is 0.616. The van der Waals surface area contributed by atoms with Gasteiger partial charge >= 0.3 is 0 Å². The van der Waals surface area contributed by atoms with Gasteiger partial charge in [0.1, 0.15) is 5.65 Å². The van der Waals surface area contributed by atoms with Crippen molar-refractivity contribution in [2.24, 2.45) is 0 Å². The molecule has 3 aromatic rings. The Kier molecular flexibility index (Phi) is 6.65. The molecule has 2 heterocycles. The molecule has 1 aromatic carbocycles. The van der Waals surface area contributed by atoms with E-state index in [1.54, 1.807) is 24.4 Å². The monoisotopic (exact) mass is 435 g/mol. The summed E-state index contributed by atoms with van der Waals surface area (Å²) in [6.45, 7) is 3.79. The van der Waals surface area contributed by atoms with Gasteiger partial charge in [0.05, 0.1) is 17.5 Å². The second-order valence-electron chi connectivity index (χ2n) is 6.47. The Hall–Kier alpha value is -2.02. The molecule has 0 bridgehead atoms. The number of thioether (sulfide) groups is 1. The number of hydrogen-bond donors (Lipinski definition) is 1. The van der Waals surface area contributed by atoms with Crippen molar-refractivity contribution >= 4 is 46.5 Å². The van der Waals surface area contributed by atoms with E-state index in [9.17, 15) is 9.59 Å². The molecule has 2 aromatic heterocycles. The van der Waals surface area contributed by atoms with Crippen molar-refractivity contribution < 1.29 is 4.79 Å². The van der Waals surface area contributed by atoms with Gasteiger partial charge in [-0.05, 0) is 43.2 Å². The van der Waals surface area contributed by atoms with Gasteiger partial charge in [-0.3, -0.25) is 14.0 Å². The fraction of sp³-hybridized carbons (Fsp3) is 0.250. The van der Waals surface area contributed by atoms with Gasteiger partial charge < -0.3 is 5.32 Å². The molecule has 0 saturated carbocycles. The first-order valence-corrected chi connectivity index (χ1v) is 10.6. The molecule has 28 heavy (non-hydrogen) atoms. The third-order valence-corrected chi connectivity index (χ3v) is 5.68. The molecule has 1 N–H and O–H groups in total. The average molecular weight is 436 g/mol. The summed E-state index contributed by atoms with van der Waals surface area (Å²) in [6.07, 6.45) is 1.76. The lowest BCUT2D eigenvalue weighted by Crippen LogP contribution is -2.28. The number of nitrogens with one attached hydrogen (secondary N) is 1. The second kappa shape index (κ2) is 8.99. The largest absolute Gasteiger partial charge is 0.349 e. The smallest absolute Gasteiger partial charge is 0.258 e. The van der Waals surface area contributed by atoms with Crippen molar-refractivity contribution in [2.45, 2.75) is 25.6 Å². The molecule has 146 valence electrons. The van der Waals surface area contributed by atoms with Crippen LogP contribution >= 0.6 is 35.0 Å². The quantitative estimate of drug-likeness (QED) is 0.622. The number of carbonyl (C=O) groups excluding carboxylic acids is 1. The van der Waals surface area contributed by atoms with Gasteiger partial charge in [0.15, 0.2) is 0 Å². The average Bonchev–Trinajstić information content (AvgIpc) is 2.62. The van der Waals surface area contributed by atoms with Gasteiger partial charge in [-0.15, -0.1) is 11.8 Å². The summed E-state index contributed by atoms with van der Waals surface area (Å²) in [7, 11) is 0. The first-order chi connectivity index (χ1) is 13.3. The summed E-state index contributed by atoms with van der Waals surface area (Å²) in [5, 5.41) is 3.99. The van der Waals surface area contributed by atoms with Crippen molar-refractivity contribution in [3.05, 3.63) is 79.8 Å². The van der Waals surface area contributed by atoms with Crippen molar-refractivity contribution in [3.8, 4) is 0 Å². The van der Waals surface area contributed by atoms with E-state index in [2.05, 4.69) is 10.3 Å². The van der Waals surface area contributed by atoms with Crippen LogP contribution in [0.1, 0.15) is 29.8 Å². The minimum Gasteiger partial charge on any atom is -0.349 e. The number of aromatic nitrogens is 2. The molecule has 0 aliphatic heterocycles. The molecule has 0 aliphatic rings. The molecule has 0 spiro atoms. The maximum Gasteiger partial charge on any atom is 0.258 e. The minimum absolute atomic E-state index is 0.114. The van der Waals surface area contributed by atoms with Gasteiger partial charge in [-0.25, -0.2) is 4.98 Å². The number of amides is 1. The molecule has 0 fully saturated rings. The highest BCUT2D eigenvalue weighted by atomic mass is 35.5. The van der Waals surface area contributed by atoms with E-state index in [-0.39, 0.29) is 23.3 Å². The van der Waals surface area contributed by atoms with Crippen LogP contribution in [-0.2, 0) is 10.5 Å². The Morgan fingerprint density at radius 3 is 2.79 bits per heavy atom. The Morgan fingerprint density at radius 1 is 1.25 bits per heavy atom. The highest BCUT2D eigenvalue weighted by Crippen LogP contribution is 2.26. The molecule has 5 nitrogen and oxygen atoms in total. The van der Waals surface area contributed by atoms with Crippen LogP contribution in [0.5, 0.6) is 0 Å². The number of aryl methyl sites for hydroxylation is 1. The lowest BCUT2D eigenvalue weighted by molar-refractivity contribution is -0.119. The number of carbonyl (C=O) groups is 1. The SMILES string of the molecule is Cc1ccc2nc(CSCC(=O)NC(C)c3ccc(Cl)cc3Cl)cc(=O)n2c1. The summed E-state index contributed by atoms with van der Waals surface area (Å²) in [4.78, 5) is 28.9. The van der Waals surface area contributed by atoms with Gasteiger partial charge in [-0.2, -0.15) is 0 Å². The van der Waals surface area contributed by atoms with E-state index in [0.717, 1.165) is 11.1 Å². The van der Waals surface area contributed by atoms with Crippen molar-refractivity contribution in [1.29, 1.82) is 0 Å². The first kappa shape index (κ1) is 20.7. The van der Waals surface area contributed by atoms with Crippen LogP contribution in [-0.4, -0.2) is 21.0 Å². The third-order valence-electron chi connectivity index (χ3n) is 4.15. The standard InChI is InChI=1S/C20H19Cl2N3O2S/c1-12-3-6-18-24-15(8-20(27)25(18)9-12)10-28-11-19(26)23-13(2)16-5-4-14(21)7-17(16)22/h3-9,13H,10-11H2,1-2H3,(H,23,26). The zero-order valence-corrected chi connectivity index (χ0v) is 17.7. The third kappa shape index (κ3) is 5.07. The van der Waals surface area contributed by atoms with Crippen LogP contribution in [0.4, 0.5) is 0 Å². The molecule has 8 heteroatoms. The van der Waals surface area contributed by atoms with E-state index in [1.807, 2.05) is 26.0 Å². The Morgan fingerprint density at radius 2 is 2.04 bits per heavy atom. The Bertz CT molecular complexity index is 1080.